The Bertz CT molecular complexity index is 163. The Kier molecular flexibility index (Phi) is 5.90. The van der Waals surface area contributed by atoms with Gasteiger partial charge in [0.1, 0.15) is 0 Å². The van der Waals surface area contributed by atoms with Gasteiger partial charge in [0.15, 0.2) is 0 Å². The fourth-order valence-corrected chi connectivity index (χ4v) is 2.58. The zero-order chi connectivity index (χ0) is 9.80. The molecule has 3 N–H and O–H groups in total. The molecule has 0 aromatic rings. The van der Waals surface area contributed by atoms with Crippen LogP contribution in [-0.2, 0) is 0 Å². The number of hydrogen-bond acceptors (Lipinski definition) is 3. The van der Waals surface area contributed by atoms with E-state index >= 15 is 0 Å². The minimum absolute atomic E-state index is 0. The third-order valence-electron chi connectivity index (χ3n) is 3.55. The summed E-state index contributed by atoms with van der Waals surface area (Å²) >= 11 is 0. The van der Waals surface area contributed by atoms with Crippen LogP contribution in [0.4, 0.5) is 0 Å². The smallest absolute Gasteiger partial charge is 0.00631 e. The molecule has 2 rings (SSSR count). The molecule has 0 aromatic heterocycles. The monoisotopic (exact) mass is 233 g/mol. The van der Waals surface area contributed by atoms with Gasteiger partial charge < -0.3 is 16.0 Å². The van der Waals surface area contributed by atoms with Crippen molar-refractivity contribution in [3.8, 4) is 0 Å². The second kappa shape index (κ2) is 6.69. The molecule has 0 aliphatic carbocycles. The molecule has 0 aromatic carbocycles. The van der Waals surface area contributed by atoms with Crippen molar-refractivity contribution in [3.63, 3.8) is 0 Å². The van der Waals surface area contributed by atoms with Crippen molar-refractivity contribution in [3.05, 3.63) is 0 Å². The number of rotatable bonds is 2. The number of nitrogens with two attached hydrogens (primary N) is 1. The van der Waals surface area contributed by atoms with Gasteiger partial charge in [-0.1, -0.05) is 0 Å². The lowest BCUT2D eigenvalue weighted by Gasteiger charge is -2.34. The average Bonchev–Trinajstić information content (AvgIpc) is 2.23. The Morgan fingerprint density at radius 1 is 1.20 bits per heavy atom. The van der Waals surface area contributed by atoms with Gasteiger partial charge in [0, 0.05) is 12.6 Å². The quantitative estimate of drug-likeness (QED) is 0.743. The van der Waals surface area contributed by atoms with Crippen LogP contribution in [0.2, 0.25) is 0 Å². The summed E-state index contributed by atoms with van der Waals surface area (Å²) in [5.74, 6) is 0.887. The molecule has 1 atom stereocenters. The minimum atomic E-state index is 0. The topological polar surface area (TPSA) is 41.3 Å². The van der Waals surface area contributed by atoms with Gasteiger partial charge in [-0.2, -0.15) is 0 Å². The molecule has 2 saturated heterocycles. The largest absolute Gasteiger partial charge is 0.328 e. The van der Waals surface area contributed by atoms with Crippen LogP contribution >= 0.6 is 12.4 Å². The molecule has 90 valence electrons. The van der Waals surface area contributed by atoms with E-state index in [-0.39, 0.29) is 12.4 Å². The number of hydrogen-bond donors (Lipinski definition) is 2. The van der Waals surface area contributed by atoms with Crippen molar-refractivity contribution in [2.45, 2.75) is 31.7 Å². The fraction of sp³-hybridized carbons (Fsp3) is 1.00. The predicted octanol–water partition coefficient (Wildman–Crippen LogP) is 0.831. The second-order valence-electron chi connectivity index (χ2n) is 4.85. The summed E-state index contributed by atoms with van der Waals surface area (Å²) in [5, 5.41) is 3.48. The maximum absolute atomic E-state index is 5.89. The third kappa shape index (κ3) is 4.27. The summed E-state index contributed by atoms with van der Waals surface area (Å²) in [4.78, 5) is 2.60. The molecule has 0 spiro atoms. The Morgan fingerprint density at radius 2 is 1.93 bits per heavy atom. The summed E-state index contributed by atoms with van der Waals surface area (Å²) in [6.45, 7) is 6.18. The van der Waals surface area contributed by atoms with Gasteiger partial charge in [-0.15, -0.1) is 12.4 Å². The first-order valence-corrected chi connectivity index (χ1v) is 6.03. The van der Waals surface area contributed by atoms with Crippen molar-refractivity contribution < 1.29 is 0 Å². The molecule has 4 heteroatoms. The molecule has 0 amide bonds. The van der Waals surface area contributed by atoms with E-state index < -0.39 is 0 Å². The van der Waals surface area contributed by atoms with Crippen LogP contribution in [0.15, 0.2) is 0 Å². The van der Waals surface area contributed by atoms with Crippen molar-refractivity contribution in [2.75, 3.05) is 32.7 Å². The van der Waals surface area contributed by atoms with Crippen molar-refractivity contribution in [1.82, 2.24) is 10.2 Å². The number of halogens is 1. The molecule has 2 aliphatic rings. The van der Waals surface area contributed by atoms with Crippen LogP contribution in [0.3, 0.4) is 0 Å². The summed E-state index contributed by atoms with van der Waals surface area (Å²) < 4.78 is 0. The van der Waals surface area contributed by atoms with Gasteiger partial charge in [-0.25, -0.2) is 0 Å². The van der Waals surface area contributed by atoms with E-state index in [1.54, 1.807) is 0 Å². The van der Waals surface area contributed by atoms with Gasteiger partial charge in [0.2, 0.25) is 0 Å². The first kappa shape index (κ1) is 13.2. The Labute approximate surface area is 99.2 Å². The lowest BCUT2D eigenvalue weighted by Crippen LogP contribution is -2.44. The highest BCUT2D eigenvalue weighted by molar-refractivity contribution is 5.85. The maximum Gasteiger partial charge on any atom is 0.00631 e. The van der Waals surface area contributed by atoms with Crippen molar-refractivity contribution in [2.24, 2.45) is 11.7 Å². The predicted molar refractivity (Wildman–Crippen MR) is 66.5 cm³/mol. The first-order valence-electron chi connectivity index (χ1n) is 6.03. The van der Waals surface area contributed by atoms with Gasteiger partial charge in [0.25, 0.3) is 0 Å². The SMILES string of the molecule is Cl.NC1CCN(CC2CCCNC2)CC1. The zero-order valence-corrected chi connectivity index (χ0v) is 10.3. The van der Waals surface area contributed by atoms with E-state index in [1.807, 2.05) is 0 Å². The summed E-state index contributed by atoms with van der Waals surface area (Å²) in [6, 6.07) is 0.468. The van der Waals surface area contributed by atoms with E-state index in [4.69, 9.17) is 5.73 Å². The Balaban J connectivity index is 0.00000112. The van der Waals surface area contributed by atoms with E-state index in [2.05, 4.69) is 10.2 Å². The maximum atomic E-state index is 5.89. The van der Waals surface area contributed by atoms with Crippen LogP contribution in [0.25, 0.3) is 0 Å². The summed E-state index contributed by atoms with van der Waals surface area (Å²) in [7, 11) is 0. The van der Waals surface area contributed by atoms with Gasteiger partial charge in [-0.3, -0.25) is 0 Å². The highest BCUT2D eigenvalue weighted by atomic mass is 35.5. The van der Waals surface area contributed by atoms with Crippen LogP contribution in [0, 0.1) is 5.92 Å². The highest BCUT2D eigenvalue weighted by Gasteiger charge is 2.20. The number of nitrogens with zero attached hydrogens (tertiary/aromatic N) is 1. The van der Waals surface area contributed by atoms with E-state index in [1.165, 1.54) is 58.4 Å². The zero-order valence-electron chi connectivity index (χ0n) is 9.45. The summed E-state index contributed by atoms with van der Waals surface area (Å²) in [5.41, 5.74) is 5.89. The van der Waals surface area contributed by atoms with Crippen molar-refractivity contribution in [1.29, 1.82) is 0 Å². The second-order valence-corrected chi connectivity index (χ2v) is 4.85. The third-order valence-corrected chi connectivity index (χ3v) is 3.55. The van der Waals surface area contributed by atoms with Crippen LogP contribution in [0.5, 0.6) is 0 Å². The molecule has 0 bridgehead atoms. The van der Waals surface area contributed by atoms with Crippen LogP contribution in [-0.4, -0.2) is 43.7 Å². The molecule has 0 radical (unpaired) electrons. The Hall–Kier alpha value is 0.170. The molecule has 2 fully saturated rings. The Morgan fingerprint density at radius 3 is 2.53 bits per heavy atom. The molecular formula is C11H24ClN3. The number of likely N-dealkylation sites (tertiary alicyclic amines) is 1. The van der Waals surface area contributed by atoms with E-state index in [0.29, 0.717) is 6.04 Å². The standard InChI is InChI=1S/C11H23N3.ClH/c12-11-3-6-14(7-4-11)9-10-2-1-5-13-8-10;/h10-11,13H,1-9,12H2;1H. The molecular weight excluding hydrogens is 210 g/mol. The van der Waals surface area contributed by atoms with E-state index in [0.717, 1.165) is 5.92 Å². The number of piperidine rings is 2. The minimum Gasteiger partial charge on any atom is -0.328 e. The van der Waals surface area contributed by atoms with Gasteiger partial charge in [0.05, 0.1) is 0 Å². The highest BCUT2D eigenvalue weighted by Crippen LogP contribution is 2.15. The van der Waals surface area contributed by atoms with Gasteiger partial charge in [-0.05, 0) is 57.8 Å². The van der Waals surface area contributed by atoms with Crippen LogP contribution in [0.1, 0.15) is 25.7 Å². The molecule has 15 heavy (non-hydrogen) atoms. The van der Waals surface area contributed by atoms with Crippen LogP contribution < -0.4 is 11.1 Å². The molecule has 1 unspecified atom stereocenters. The van der Waals surface area contributed by atoms with E-state index in [9.17, 15) is 0 Å². The molecule has 0 saturated carbocycles. The first-order chi connectivity index (χ1) is 6.84. The lowest BCUT2D eigenvalue weighted by molar-refractivity contribution is 0.170. The lowest BCUT2D eigenvalue weighted by atomic mass is 9.97. The normalized spacial score (nSPS) is 29.8. The van der Waals surface area contributed by atoms with Crippen molar-refractivity contribution >= 4 is 12.4 Å². The molecule has 3 nitrogen and oxygen atoms in total. The average molecular weight is 234 g/mol. The molecule has 2 heterocycles. The molecule has 2 aliphatic heterocycles. The fourth-order valence-electron chi connectivity index (χ4n) is 2.58. The summed E-state index contributed by atoms with van der Waals surface area (Å²) in [6.07, 6.45) is 5.16. The number of nitrogens with one attached hydrogen (secondary N) is 1. The van der Waals surface area contributed by atoms with Gasteiger partial charge >= 0.3 is 0 Å².